The Morgan fingerprint density at radius 2 is 1.81 bits per heavy atom. The molecule has 1 aromatic carbocycles. The first-order chi connectivity index (χ1) is 10.2. The first-order valence-corrected chi connectivity index (χ1v) is 7.97. The molecular formula is C18H25N3. The summed E-state index contributed by atoms with van der Waals surface area (Å²) in [6.45, 7) is 0.978. The van der Waals surface area contributed by atoms with E-state index in [1.165, 1.54) is 37.5 Å². The van der Waals surface area contributed by atoms with E-state index in [2.05, 4.69) is 54.6 Å². The molecule has 2 aromatic rings. The van der Waals surface area contributed by atoms with Crippen LogP contribution in [0.3, 0.4) is 0 Å². The monoisotopic (exact) mass is 283 g/mol. The molecule has 112 valence electrons. The number of benzene rings is 1. The number of hydrogen-bond donors (Lipinski definition) is 1. The molecule has 0 bridgehead atoms. The Balaban J connectivity index is 1.75. The Kier molecular flexibility index (Phi) is 4.11. The van der Waals surface area contributed by atoms with E-state index in [0.29, 0.717) is 0 Å². The van der Waals surface area contributed by atoms with Gasteiger partial charge in [0.1, 0.15) is 5.82 Å². The number of fused-ring (bicyclic) bond motifs is 1. The number of aromatic nitrogens is 1. The summed E-state index contributed by atoms with van der Waals surface area (Å²) in [7, 11) is 4.42. The molecule has 1 aliphatic rings. The minimum Gasteiger partial charge on any atom is -0.368 e. The molecule has 0 atom stereocenters. The largest absolute Gasteiger partial charge is 0.368 e. The Morgan fingerprint density at radius 3 is 2.57 bits per heavy atom. The quantitative estimate of drug-likeness (QED) is 0.922. The lowest BCUT2D eigenvalue weighted by atomic mass is 9.80. The molecule has 0 spiro atoms. The molecule has 0 radical (unpaired) electrons. The molecule has 3 nitrogen and oxygen atoms in total. The van der Waals surface area contributed by atoms with Crippen molar-refractivity contribution in [1.82, 2.24) is 9.88 Å². The fourth-order valence-corrected chi connectivity index (χ4v) is 3.41. The van der Waals surface area contributed by atoms with Crippen LogP contribution in [0.4, 0.5) is 5.82 Å². The van der Waals surface area contributed by atoms with Gasteiger partial charge in [0.25, 0.3) is 0 Å². The van der Waals surface area contributed by atoms with Gasteiger partial charge in [0, 0.05) is 17.5 Å². The van der Waals surface area contributed by atoms with Crippen LogP contribution >= 0.6 is 0 Å². The number of nitrogens with zero attached hydrogens (tertiary/aromatic N) is 2. The highest BCUT2D eigenvalue weighted by Crippen LogP contribution is 2.32. The van der Waals surface area contributed by atoms with Crippen molar-refractivity contribution in [2.24, 2.45) is 0 Å². The van der Waals surface area contributed by atoms with Crippen LogP contribution in [-0.4, -0.2) is 36.1 Å². The van der Waals surface area contributed by atoms with Gasteiger partial charge >= 0.3 is 0 Å². The lowest BCUT2D eigenvalue weighted by Crippen LogP contribution is -2.51. The van der Waals surface area contributed by atoms with Crippen LogP contribution in [0.2, 0.25) is 0 Å². The zero-order valence-electron chi connectivity index (χ0n) is 13.1. The SMILES string of the molecule is CN(C)C1(CNc2ccc3ccccc3n2)CCCCC1. The van der Waals surface area contributed by atoms with E-state index >= 15 is 0 Å². The number of likely N-dealkylation sites (N-methyl/N-ethyl adjacent to an activating group) is 1. The normalized spacial score (nSPS) is 18.0. The molecule has 1 fully saturated rings. The second-order valence-corrected chi connectivity index (χ2v) is 6.42. The lowest BCUT2D eigenvalue weighted by Gasteiger charge is -2.43. The molecule has 1 N–H and O–H groups in total. The third-order valence-electron chi connectivity index (χ3n) is 4.93. The summed E-state index contributed by atoms with van der Waals surface area (Å²) in [6.07, 6.45) is 6.61. The van der Waals surface area contributed by atoms with E-state index in [9.17, 15) is 0 Å². The average Bonchev–Trinajstić information content (AvgIpc) is 2.53. The Labute approximate surface area is 127 Å². The fourth-order valence-electron chi connectivity index (χ4n) is 3.41. The standard InChI is InChI=1S/C18H25N3/c1-21(2)18(12-6-3-7-13-18)14-19-17-11-10-15-8-4-5-9-16(15)20-17/h4-5,8-11H,3,6-7,12-14H2,1-2H3,(H,19,20). The molecule has 1 heterocycles. The van der Waals surface area contributed by atoms with E-state index in [0.717, 1.165) is 17.9 Å². The van der Waals surface area contributed by atoms with Crippen LogP contribution in [-0.2, 0) is 0 Å². The van der Waals surface area contributed by atoms with Crippen LogP contribution in [0, 0.1) is 0 Å². The van der Waals surface area contributed by atoms with Gasteiger partial charge in [0.15, 0.2) is 0 Å². The van der Waals surface area contributed by atoms with Crippen molar-refractivity contribution in [2.75, 3.05) is 26.0 Å². The van der Waals surface area contributed by atoms with E-state index < -0.39 is 0 Å². The van der Waals surface area contributed by atoms with Gasteiger partial charge in [-0.25, -0.2) is 4.98 Å². The van der Waals surface area contributed by atoms with Crippen LogP contribution in [0.25, 0.3) is 10.9 Å². The maximum Gasteiger partial charge on any atom is 0.126 e. The maximum atomic E-state index is 4.72. The van der Waals surface area contributed by atoms with Crippen LogP contribution in [0.15, 0.2) is 36.4 Å². The first kappa shape index (κ1) is 14.3. The fraction of sp³-hybridized carbons (Fsp3) is 0.500. The van der Waals surface area contributed by atoms with E-state index in [1.807, 2.05) is 6.07 Å². The van der Waals surface area contributed by atoms with Crippen molar-refractivity contribution < 1.29 is 0 Å². The molecule has 1 aromatic heterocycles. The van der Waals surface area contributed by atoms with E-state index in [-0.39, 0.29) is 5.54 Å². The number of nitrogens with one attached hydrogen (secondary N) is 1. The number of hydrogen-bond acceptors (Lipinski definition) is 3. The summed E-state index contributed by atoms with van der Waals surface area (Å²) in [5.74, 6) is 0.987. The highest BCUT2D eigenvalue weighted by atomic mass is 15.2. The summed E-state index contributed by atoms with van der Waals surface area (Å²) in [6, 6.07) is 12.5. The number of anilines is 1. The molecule has 3 heteroatoms. The number of rotatable bonds is 4. The van der Waals surface area contributed by atoms with E-state index in [1.54, 1.807) is 0 Å². The predicted octanol–water partition coefficient (Wildman–Crippen LogP) is 3.91. The summed E-state index contributed by atoms with van der Waals surface area (Å²) in [5.41, 5.74) is 1.34. The van der Waals surface area contributed by atoms with Crippen LogP contribution < -0.4 is 5.32 Å². The summed E-state index contributed by atoms with van der Waals surface area (Å²) in [5, 5.41) is 4.77. The van der Waals surface area contributed by atoms with Crippen molar-refractivity contribution >= 4 is 16.7 Å². The van der Waals surface area contributed by atoms with Crippen molar-refractivity contribution in [3.05, 3.63) is 36.4 Å². The van der Waals surface area contributed by atoms with Crippen LogP contribution in [0.1, 0.15) is 32.1 Å². The van der Waals surface area contributed by atoms with Gasteiger partial charge in [-0.1, -0.05) is 37.5 Å². The molecule has 21 heavy (non-hydrogen) atoms. The smallest absolute Gasteiger partial charge is 0.126 e. The molecule has 0 unspecified atom stereocenters. The molecule has 3 rings (SSSR count). The van der Waals surface area contributed by atoms with Crippen molar-refractivity contribution in [2.45, 2.75) is 37.6 Å². The first-order valence-electron chi connectivity index (χ1n) is 7.97. The Bertz CT molecular complexity index is 600. The second-order valence-electron chi connectivity index (χ2n) is 6.42. The Hall–Kier alpha value is -1.61. The minimum atomic E-state index is 0.283. The molecular weight excluding hydrogens is 258 g/mol. The van der Waals surface area contributed by atoms with Crippen molar-refractivity contribution in [3.8, 4) is 0 Å². The van der Waals surface area contributed by atoms with Gasteiger partial charge in [-0.2, -0.15) is 0 Å². The van der Waals surface area contributed by atoms with Crippen molar-refractivity contribution in [1.29, 1.82) is 0 Å². The highest BCUT2D eigenvalue weighted by molar-refractivity contribution is 5.80. The number of pyridine rings is 1. The predicted molar refractivity (Wildman–Crippen MR) is 89.7 cm³/mol. The van der Waals surface area contributed by atoms with Gasteiger partial charge in [0.2, 0.25) is 0 Å². The Morgan fingerprint density at radius 1 is 1.05 bits per heavy atom. The zero-order valence-corrected chi connectivity index (χ0v) is 13.1. The maximum absolute atomic E-state index is 4.72. The molecule has 1 saturated carbocycles. The van der Waals surface area contributed by atoms with Crippen LogP contribution in [0.5, 0.6) is 0 Å². The minimum absolute atomic E-state index is 0.283. The molecule has 1 aliphatic carbocycles. The zero-order chi connectivity index (χ0) is 14.7. The van der Waals surface area contributed by atoms with Gasteiger partial charge in [-0.05, 0) is 45.1 Å². The molecule has 0 amide bonds. The van der Waals surface area contributed by atoms with Gasteiger partial charge < -0.3 is 10.2 Å². The summed E-state index contributed by atoms with van der Waals surface area (Å²) in [4.78, 5) is 7.12. The lowest BCUT2D eigenvalue weighted by molar-refractivity contribution is 0.113. The van der Waals surface area contributed by atoms with Gasteiger partial charge in [-0.15, -0.1) is 0 Å². The van der Waals surface area contributed by atoms with Crippen molar-refractivity contribution in [3.63, 3.8) is 0 Å². The highest BCUT2D eigenvalue weighted by Gasteiger charge is 2.33. The van der Waals surface area contributed by atoms with Gasteiger partial charge in [-0.3, -0.25) is 0 Å². The molecule has 0 aliphatic heterocycles. The third-order valence-corrected chi connectivity index (χ3v) is 4.93. The summed E-state index contributed by atoms with van der Waals surface area (Å²) >= 11 is 0. The number of para-hydroxylation sites is 1. The summed E-state index contributed by atoms with van der Waals surface area (Å²) < 4.78 is 0. The average molecular weight is 283 g/mol. The van der Waals surface area contributed by atoms with E-state index in [4.69, 9.17) is 4.98 Å². The third kappa shape index (κ3) is 3.03. The second kappa shape index (κ2) is 6.02. The topological polar surface area (TPSA) is 28.2 Å². The molecule has 0 saturated heterocycles. The van der Waals surface area contributed by atoms with Gasteiger partial charge in [0.05, 0.1) is 5.52 Å².